The molecule has 0 spiro atoms. The number of rotatable bonds is 8. The van der Waals surface area contributed by atoms with Crippen LogP contribution in [-0.2, 0) is 14.8 Å². The van der Waals surface area contributed by atoms with Crippen molar-refractivity contribution in [1.82, 2.24) is 4.72 Å². The Hall–Kier alpha value is -2.58. The predicted octanol–water partition coefficient (Wildman–Crippen LogP) is 2.01. The molecule has 2 aromatic rings. The summed E-state index contributed by atoms with van der Waals surface area (Å²) in [6, 6.07) is 12.8. The molecule has 0 fully saturated rings. The second kappa shape index (κ2) is 8.50. The van der Waals surface area contributed by atoms with E-state index in [0.29, 0.717) is 23.8 Å². The van der Waals surface area contributed by atoms with Crippen LogP contribution in [0.4, 0.5) is 5.69 Å². The van der Waals surface area contributed by atoms with Crippen molar-refractivity contribution < 1.29 is 22.7 Å². The molecule has 2 aromatic carbocycles. The van der Waals surface area contributed by atoms with Gasteiger partial charge < -0.3 is 14.8 Å². The van der Waals surface area contributed by atoms with E-state index in [1.807, 2.05) is 6.92 Å². The van der Waals surface area contributed by atoms with Crippen molar-refractivity contribution >= 4 is 21.6 Å². The van der Waals surface area contributed by atoms with E-state index < -0.39 is 15.9 Å². The molecule has 0 atom stereocenters. The minimum Gasteiger partial charge on any atom is -0.497 e. The van der Waals surface area contributed by atoms with E-state index in [9.17, 15) is 13.2 Å². The van der Waals surface area contributed by atoms with Crippen molar-refractivity contribution in [2.75, 3.05) is 25.6 Å². The minimum absolute atomic E-state index is 0.0603. The predicted molar refractivity (Wildman–Crippen MR) is 94.4 cm³/mol. The first kappa shape index (κ1) is 18.8. The Kier molecular flexibility index (Phi) is 6.37. The first-order valence-corrected chi connectivity index (χ1v) is 9.09. The first-order valence-electron chi connectivity index (χ1n) is 7.61. The number of methoxy groups -OCH3 is 1. The Morgan fingerprint density at radius 1 is 1.08 bits per heavy atom. The summed E-state index contributed by atoms with van der Waals surface area (Å²) in [5.41, 5.74) is 0.518. The van der Waals surface area contributed by atoms with Crippen molar-refractivity contribution in [3.8, 4) is 11.5 Å². The smallest absolute Gasteiger partial charge is 0.241 e. The van der Waals surface area contributed by atoms with Crippen LogP contribution in [-0.4, -0.2) is 34.6 Å². The van der Waals surface area contributed by atoms with Gasteiger partial charge in [0.2, 0.25) is 15.9 Å². The van der Waals surface area contributed by atoms with Crippen LogP contribution in [0.1, 0.15) is 6.92 Å². The monoisotopic (exact) mass is 364 g/mol. The summed E-state index contributed by atoms with van der Waals surface area (Å²) in [4.78, 5) is 12.0. The Morgan fingerprint density at radius 2 is 1.80 bits per heavy atom. The molecule has 2 rings (SSSR count). The van der Waals surface area contributed by atoms with Crippen LogP contribution in [0, 0.1) is 0 Å². The fourth-order valence-corrected chi connectivity index (χ4v) is 3.01. The maximum atomic E-state index is 12.2. The number of hydrogen-bond donors (Lipinski definition) is 2. The lowest BCUT2D eigenvalue weighted by atomic mass is 10.3. The molecule has 0 bridgehead atoms. The summed E-state index contributed by atoms with van der Waals surface area (Å²) in [5.74, 6) is 0.688. The molecule has 0 aromatic heterocycles. The van der Waals surface area contributed by atoms with E-state index in [2.05, 4.69) is 10.0 Å². The van der Waals surface area contributed by atoms with Crippen molar-refractivity contribution in [2.24, 2.45) is 0 Å². The van der Waals surface area contributed by atoms with Gasteiger partial charge in [-0.1, -0.05) is 6.07 Å². The van der Waals surface area contributed by atoms with Gasteiger partial charge in [0.15, 0.2) is 0 Å². The van der Waals surface area contributed by atoms with Crippen LogP contribution in [0.2, 0.25) is 0 Å². The highest BCUT2D eigenvalue weighted by Gasteiger charge is 2.15. The van der Waals surface area contributed by atoms with E-state index in [-0.39, 0.29) is 11.4 Å². The number of carbonyl (C=O) groups excluding carboxylic acids is 1. The number of anilines is 1. The van der Waals surface area contributed by atoms with Crippen LogP contribution in [0.5, 0.6) is 11.5 Å². The topological polar surface area (TPSA) is 93.7 Å². The zero-order valence-electron chi connectivity index (χ0n) is 14.0. The Morgan fingerprint density at radius 3 is 2.44 bits per heavy atom. The lowest BCUT2D eigenvalue weighted by Crippen LogP contribution is -2.32. The van der Waals surface area contributed by atoms with Crippen molar-refractivity contribution in [3.05, 3.63) is 48.5 Å². The van der Waals surface area contributed by atoms with Gasteiger partial charge >= 0.3 is 0 Å². The van der Waals surface area contributed by atoms with Gasteiger partial charge in [-0.2, -0.15) is 0 Å². The van der Waals surface area contributed by atoms with Crippen LogP contribution in [0.25, 0.3) is 0 Å². The first-order chi connectivity index (χ1) is 11.9. The summed E-state index contributed by atoms with van der Waals surface area (Å²) in [6.45, 7) is 1.95. The molecule has 0 saturated carbocycles. The maximum Gasteiger partial charge on any atom is 0.241 e. The Labute approximate surface area is 147 Å². The number of carbonyl (C=O) groups is 1. The molecule has 0 aliphatic carbocycles. The molecule has 1 amide bonds. The number of ether oxygens (including phenoxy) is 2. The van der Waals surface area contributed by atoms with E-state index in [4.69, 9.17) is 9.47 Å². The van der Waals surface area contributed by atoms with E-state index in [1.54, 1.807) is 36.4 Å². The third-order valence-electron chi connectivity index (χ3n) is 3.22. The lowest BCUT2D eigenvalue weighted by Gasteiger charge is -2.09. The second-order valence-corrected chi connectivity index (χ2v) is 6.78. The van der Waals surface area contributed by atoms with Gasteiger partial charge in [-0.05, 0) is 43.3 Å². The molecule has 134 valence electrons. The number of benzene rings is 2. The average molecular weight is 364 g/mol. The molecular formula is C17H20N2O5S. The van der Waals surface area contributed by atoms with Gasteiger partial charge in [-0.25, -0.2) is 13.1 Å². The number of amides is 1. The van der Waals surface area contributed by atoms with Gasteiger partial charge in [0, 0.05) is 11.8 Å². The average Bonchev–Trinajstić information content (AvgIpc) is 2.61. The second-order valence-electron chi connectivity index (χ2n) is 5.01. The molecule has 0 radical (unpaired) electrons. The van der Waals surface area contributed by atoms with Crippen LogP contribution in [0.15, 0.2) is 53.4 Å². The number of sulfonamides is 1. The molecule has 0 heterocycles. The molecule has 0 aliphatic heterocycles. The van der Waals surface area contributed by atoms with E-state index >= 15 is 0 Å². The molecule has 0 aliphatic rings. The van der Waals surface area contributed by atoms with E-state index in [0.717, 1.165) is 0 Å². The lowest BCUT2D eigenvalue weighted by molar-refractivity contribution is -0.115. The highest BCUT2D eigenvalue weighted by molar-refractivity contribution is 7.89. The van der Waals surface area contributed by atoms with Crippen molar-refractivity contribution in [3.63, 3.8) is 0 Å². The molecule has 25 heavy (non-hydrogen) atoms. The highest BCUT2D eigenvalue weighted by atomic mass is 32.2. The Bertz CT molecular complexity index is 819. The molecule has 7 nitrogen and oxygen atoms in total. The normalized spacial score (nSPS) is 11.0. The summed E-state index contributed by atoms with van der Waals surface area (Å²) in [5, 5.41) is 2.60. The zero-order valence-corrected chi connectivity index (χ0v) is 14.8. The SMILES string of the molecule is CCOc1ccc(S(=O)(=O)NCC(=O)Nc2cccc(OC)c2)cc1. The zero-order chi connectivity index (χ0) is 18.3. The summed E-state index contributed by atoms with van der Waals surface area (Å²) >= 11 is 0. The fraction of sp³-hybridized carbons (Fsp3) is 0.235. The van der Waals surface area contributed by atoms with Gasteiger partial charge in [0.05, 0.1) is 25.2 Å². The molecule has 8 heteroatoms. The minimum atomic E-state index is -3.78. The fourth-order valence-electron chi connectivity index (χ4n) is 2.03. The van der Waals surface area contributed by atoms with Crippen LogP contribution in [0.3, 0.4) is 0 Å². The third kappa shape index (κ3) is 5.47. The van der Waals surface area contributed by atoms with Crippen LogP contribution >= 0.6 is 0 Å². The van der Waals surface area contributed by atoms with E-state index in [1.165, 1.54) is 19.2 Å². The molecule has 2 N–H and O–H groups in total. The summed E-state index contributed by atoms with van der Waals surface area (Å²) in [7, 11) is -2.26. The quantitative estimate of drug-likeness (QED) is 0.747. The number of nitrogens with one attached hydrogen (secondary N) is 2. The maximum absolute atomic E-state index is 12.2. The summed E-state index contributed by atoms with van der Waals surface area (Å²) < 4.78 is 37.0. The van der Waals surface area contributed by atoms with Gasteiger partial charge in [0.25, 0.3) is 0 Å². The largest absolute Gasteiger partial charge is 0.497 e. The van der Waals surface area contributed by atoms with Gasteiger partial charge in [-0.3, -0.25) is 4.79 Å². The standard InChI is InChI=1S/C17H20N2O5S/c1-3-24-14-7-9-16(10-8-14)25(21,22)18-12-17(20)19-13-5-4-6-15(11-13)23-2/h4-11,18H,3,12H2,1-2H3,(H,19,20). The molecule has 0 saturated heterocycles. The molecular weight excluding hydrogens is 344 g/mol. The third-order valence-corrected chi connectivity index (χ3v) is 4.64. The number of hydrogen-bond acceptors (Lipinski definition) is 5. The van der Waals surface area contributed by atoms with Crippen molar-refractivity contribution in [2.45, 2.75) is 11.8 Å². The van der Waals surface area contributed by atoms with Gasteiger partial charge in [-0.15, -0.1) is 0 Å². The summed E-state index contributed by atoms with van der Waals surface area (Å²) in [6.07, 6.45) is 0. The van der Waals surface area contributed by atoms with Crippen molar-refractivity contribution in [1.29, 1.82) is 0 Å². The molecule has 0 unspecified atom stereocenters. The van der Waals surface area contributed by atoms with Crippen LogP contribution < -0.4 is 19.5 Å². The Balaban J connectivity index is 1.95. The van der Waals surface area contributed by atoms with Gasteiger partial charge in [0.1, 0.15) is 11.5 Å². The highest BCUT2D eigenvalue weighted by Crippen LogP contribution is 2.17.